The molecule has 0 spiro atoms. The Morgan fingerprint density at radius 3 is 2.50 bits per heavy atom. The molecule has 0 saturated heterocycles. The summed E-state index contributed by atoms with van der Waals surface area (Å²) in [5, 5.41) is 1.04. The highest BCUT2D eigenvalue weighted by atomic mass is 35.5. The maximum absolute atomic E-state index is 12.5. The maximum atomic E-state index is 12.5. The van der Waals surface area contributed by atoms with Crippen molar-refractivity contribution in [2.75, 3.05) is 20.8 Å². The summed E-state index contributed by atoms with van der Waals surface area (Å²) in [6.07, 6.45) is 3.08. The van der Waals surface area contributed by atoms with Crippen LogP contribution >= 0.6 is 11.6 Å². The van der Waals surface area contributed by atoms with Crippen LogP contribution in [0.25, 0.3) is 22.0 Å². The van der Waals surface area contributed by atoms with Gasteiger partial charge in [-0.1, -0.05) is 11.6 Å². The molecule has 1 aromatic carbocycles. The molecule has 134 valence electrons. The fourth-order valence-corrected chi connectivity index (χ4v) is 2.93. The normalized spacial score (nSPS) is 10.6. The summed E-state index contributed by atoms with van der Waals surface area (Å²) in [4.78, 5) is 20.9. The largest absolute Gasteiger partial charge is 0.493 e. The lowest BCUT2D eigenvalue weighted by molar-refractivity contribution is 0.0527. The predicted molar refractivity (Wildman–Crippen MR) is 99.0 cm³/mol. The number of rotatable bonds is 5. The van der Waals surface area contributed by atoms with Crippen LogP contribution in [-0.2, 0) is 4.74 Å². The molecule has 0 amide bonds. The number of carbonyl (C=O) groups excluding carboxylic acids is 1. The quantitative estimate of drug-likeness (QED) is 0.495. The number of benzene rings is 1. The number of halogens is 1. The molecule has 3 rings (SSSR count). The fraction of sp³-hybridized carbons (Fsp3) is 0.211. The molecular weight excluding hydrogens is 356 g/mol. The average Bonchev–Trinajstić information content (AvgIpc) is 2.65. The zero-order chi connectivity index (χ0) is 18.7. The third kappa shape index (κ3) is 3.28. The summed E-state index contributed by atoms with van der Waals surface area (Å²) < 4.78 is 15.9. The van der Waals surface area contributed by atoms with E-state index in [2.05, 4.69) is 9.97 Å². The number of hydrogen-bond donors (Lipinski definition) is 0. The van der Waals surface area contributed by atoms with Gasteiger partial charge >= 0.3 is 5.97 Å². The van der Waals surface area contributed by atoms with Gasteiger partial charge in [0.15, 0.2) is 11.5 Å². The van der Waals surface area contributed by atoms with Gasteiger partial charge in [0.05, 0.1) is 31.9 Å². The smallest absolute Gasteiger partial charge is 0.340 e. The number of nitrogens with zero attached hydrogens (tertiary/aromatic N) is 2. The number of fused-ring (bicyclic) bond motifs is 1. The highest BCUT2D eigenvalue weighted by Gasteiger charge is 2.20. The van der Waals surface area contributed by atoms with E-state index in [9.17, 15) is 4.79 Å². The maximum Gasteiger partial charge on any atom is 0.340 e. The number of pyridine rings is 2. The lowest BCUT2D eigenvalue weighted by Crippen LogP contribution is -2.08. The van der Waals surface area contributed by atoms with Crippen molar-refractivity contribution >= 4 is 28.5 Å². The zero-order valence-electron chi connectivity index (χ0n) is 14.6. The number of carbonyl (C=O) groups is 1. The van der Waals surface area contributed by atoms with Crippen molar-refractivity contribution in [3.05, 3.63) is 47.4 Å². The molecule has 0 atom stereocenters. The van der Waals surface area contributed by atoms with Gasteiger partial charge in [-0.3, -0.25) is 4.98 Å². The van der Waals surface area contributed by atoms with E-state index in [0.29, 0.717) is 33.3 Å². The third-order valence-electron chi connectivity index (χ3n) is 3.88. The second-order valence-electron chi connectivity index (χ2n) is 5.36. The number of ether oxygens (including phenoxy) is 3. The summed E-state index contributed by atoms with van der Waals surface area (Å²) >= 11 is 6.06. The van der Waals surface area contributed by atoms with E-state index in [1.165, 1.54) is 6.20 Å². The first-order chi connectivity index (χ1) is 12.6. The summed E-state index contributed by atoms with van der Waals surface area (Å²) in [6, 6.07) is 7.01. The minimum absolute atomic E-state index is 0.263. The molecular formula is C19H17ClN2O4. The van der Waals surface area contributed by atoms with Gasteiger partial charge in [0.25, 0.3) is 0 Å². The standard InChI is InChI=1S/C19H17ClN2O4/c1-4-26-19(23)13-10-22-14-9-16(25-3)15(24-2)8-12(14)18(13)11-5-6-21-17(20)7-11/h5-10H,4H2,1-3H3. The summed E-state index contributed by atoms with van der Waals surface area (Å²) in [6.45, 7) is 2.02. The molecule has 2 heterocycles. The number of aromatic nitrogens is 2. The van der Waals surface area contributed by atoms with Crippen LogP contribution in [0.3, 0.4) is 0 Å². The summed E-state index contributed by atoms with van der Waals surface area (Å²) in [5.74, 6) is 0.624. The van der Waals surface area contributed by atoms with Crippen molar-refractivity contribution in [2.45, 2.75) is 6.92 Å². The molecule has 26 heavy (non-hydrogen) atoms. The van der Waals surface area contributed by atoms with Crippen LogP contribution < -0.4 is 9.47 Å². The molecule has 0 unspecified atom stereocenters. The van der Waals surface area contributed by atoms with Crippen LogP contribution in [0.4, 0.5) is 0 Å². The minimum Gasteiger partial charge on any atom is -0.493 e. The van der Waals surface area contributed by atoms with Crippen molar-refractivity contribution in [2.24, 2.45) is 0 Å². The first kappa shape index (κ1) is 17.9. The number of hydrogen-bond acceptors (Lipinski definition) is 6. The molecule has 6 nitrogen and oxygen atoms in total. The SMILES string of the molecule is CCOC(=O)c1cnc2cc(OC)c(OC)cc2c1-c1ccnc(Cl)c1. The van der Waals surface area contributed by atoms with Gasteiger partial charge < -0.3 is 14.2 Å². The third-order valence-corrected chi connectivity index (χ3v) is 4.09. The second kappa shape index (κ2) is 7.58. The van der Waals surface area contributed by atoms with Crippen LogP contribution in [0, 0.1) is 0 Å². The van der Waals surface area contributed by atoms with Gasteiger partial charge in [0, 0.05) is 29.4 Å². The van der Waals surface area contributed by atoms with Crippen LogP contribution in [0.15, 0.2) is 36.7 Å². The molecule has 0 radical (unpaired) electrons. The molecule has 0 saturated carbocycles. The second-order valence-corrected chi connectivity index (χ2v) is 5.75. The van der Waals surface area contributed by atoms with Crippen LogP contribution in [-0.4, -0.2) is 36.8 Å². The number of esters is 1. The van der Waals surface area contributed by atoms with E-state index in [1.54, 1.807) is 51.6 Å². The van der Waals surface area contributed by atoms with E-state index in [4.69, 9.17) is 25.8 Å². The van der Waals surface area contributed by atoms with Crippen molar-refractivity contribution in [3.63, 3.8) is 0 Å². The van der Waals surface area contributed by atoms with Crippen LogP contribution in [0.2, 0.25) is 5.15 Å². The van der Waals surface area contributed by atoms with Gasteiger partial charge in [0.1, 0.15) is 5.15 Å². The van der Waals surface area contributed by atoms with Crippen LogP contribution in [0.1, 0.15) is 17.3 Å². The highest BCUT2D eigenvalue weighted by Crippen LogP contribution is 2.38. The lowest BCUT2D eigenvalue weighted by atomic mass is 9.97. The van der Waals surface area contributed by atoms with Crippen molar-refractivity contribution in [1.82, 2.24) is 9.97 Å². The lowest BCUT2D eigenvalue weighted by Gasteiger charge is -2.15. The minimum atomic E-state index is -0.459. The molecule has 0 fully saturated rings. The van der Waals surface area contributed by atoms with Gasteiger partial charge in [-0.25, -0.2) is 9.78 Å². The van der Waals surface area contributed by atoms with Gasteiger partial charge in [-0.2, -0.15) is 0 Å². The number of methoxy groups -OCH3 is 2. The zero-order valence-corrected chi connectivity index (χ0v) is 15.3. The fourth-order valence-electron chi connectivity index (χ4n) is 2.75. The molecule has 0 bridgehead atoms. The van der Waals surface area contributed by atoms with E-state index in [1.807, 2.05) is 0 Å². The van der Waals surface area contributed by atoms with Crippen molar-refractivity contribution < 1.29 is 19.0 Å². The van der Waals surface area contributed by atoms with E-state index in [0.717, 1.165) is 10.9 Å². The molecule has 7 heteroatoms. The first-order valence-corrected chi connectivity index (χ1v) is 8.30. The van der Waals surface area contributed by atoms with E-state index < -0.39 is 5.97 Å². The van der Waals surface area contributed by atoms with Gasteiger partial charge in [-0.05, 0) is 30.7 Å². The molecule has 0 aliphatic heterocycles. The molecule has 0 aliphatic rings. The Morgan fingerprint density at radius 1 is 1.12 bits per heavy atom. The van der Waals surface area contributed by atoms with Gasteiger partial charge in [0.2, 0.25) is 0 Å². The Kier molecular flexibility index (Phi) is 5.23. The molecule has 2 aromatic heterocycles. The summed E-state index contributed by atoms with van der Waals surface area (Å²) in [7, 11) is 3.11. The Hall–Kier alpha value is -2.86. The van der Waals surface area contributed by atoms with Crippen molar-refractivity contribution in [3.8, 4) is 22.6 Å². The van der Waals surface area contributed by atoms with Crippen LogP contribution in [0.5, 0.6) is 11.5 Å². The Balaban J connectivity index is 2.37. The molecule has 3 aromatic rings. The highest BCUT2D eigenvalue weighted by molar-refractivity contribution is 6.29. The topological polar surface area (TPSA) is 70.5 Å². The predicted octanol–water partition coefficient (Wildman–Crippen LogP) is 4.14. The molecule has 0 N–H and O–H groups in total. The Bertz CT molecular complexity index is 975. The first-order valence-electron chi connectivity index (χ1n) is 7.92. The molecule has 0 aliphatic carbocycles. The Morgan fingerprint density at radius 2 is 1.85 bits per heavy atom. The monoisotopic (exact) mass is 372 g/mol. The Labute approximate surface area is 155 Å². The van der Waals surface area contributed by atoms with Gasteiger partial charge in [-0.15, -0.1) is 0 Å². The van der Waals surface area contributed by atoms with E-state index in [-0.39, 0.29) is 6.61 Å². The summed E-state index contributed by atoms with van der Waals surface area (Å²) in [5.41, 5.74) is 2.37. The average molecular weight is 373 g/mol. The van der Waals surface area contributed by atoms with Crippen molar-refractivity contribution in [1.29, 1.82) is 0 Å². The van der Waals surface area contributed by atoms with E-state index >= 15 is 0 Å².